The van der Waals surface area contributed by atoms with Crippen molar-refractivity contribution in [3.05, 3.63) is 53.6 Å². The minimum Gasteiger partial charge on any atom is -0.496 e. The topological polar surface area (TPSA) is 99.4 Å². The minimum atomic E-state index is -1.23. The molecule has 0 unspecified atom stereocenters. The third-order valence-electron chi connectivity index (χ3n) is 5.48. The van der Waals surface area contributed by atoms with Gasteiger partial charge in [-0.05, 0) is 48.7 Å². The van der Waals surface area contributed by atoms with Crippen molar-refractivity contribution in [3.63, 3.8) is 0 Å². The zero-order chi connectivity index (χ0) is 20.9. The highest BCUT2D eigenvalue weighted by atomic mass is 16.5. The zero-order valence-electron chi connectivity index (χ0n) is 16.4. The van der Waals surface area contributed by atoms with E-state index in [2.05, 4.69) is 11.4 Å². The van der Waals surface area contributed by atoms with Gasteiger partial charge in [-0.2, -0.15) is 5.26 Å². The minimum absolute atomic E-state index is 0.355. The highest BCUT2D eigenvalue weighted by molar-refractivity contribution is 5.99. The third-order valence-corrected chi connectivity index (χ3v) is 5.48. The molecule has 0 aliphatic heterocycles. The lowest BCUT2D eigenvalue weighted by molar-refractivity contribution is -0.145. The van der Waals surface area contributed by atoms with Gasteiger partial charge in [0.25, 0.3) is 5.91 Å². The van der Waals surface area contributed by atoms with E-state index in [0.717, 1.165) is 31.2 Å². The Morgan fingerprint density at radius 3 is 2.45 bits per heavy atom. The molecule has 0 aromatic heterocycles. The molecular formula is C23H24N2O4. The van der Waals surface area contributed by atoms with Gasteiger partial charge in [0, 0.05) is 11.1 Å². The normalized spacial score (nSPS) is 15.6. The van der Waals surface area contributed by atoms with E-state index >= 15 is 0 Å². The summed E-state index contributed by atoms with van der Waals surface area (Å²) in [5.41, 5.74) is 1.05. The number of rotatable bonds is 5. The van der Waals surface area contributed by atoms with Crippen LogP contribution in [-0.4, -0.2) is 29.6 Å². The Hall–Kier alpha value is -3.33. The third kappa shape index (κ3) is 4.40. The van der Waals surface area contributed by atoms with Gasteiger partial charge in [-0.25, -0.2) is 4.79 Å². The van der Waals surface area contributed by atoms with Gasteiger partial charge < -0.3 is 15.2 Å². The van der Waals surface area contributed by atoms with Crippen LogP contribution in [0.3, 0.4) is 0 Å². The van der Waals surface area contributed by atoms with Gasteiger partial charge in [-0.3, -0.25) is 4.79 Å². The number of nitriles is 1. The number of nitrogens with one attached hydrogen (secondary N) is 1. The molecule has 0 saturated heterocycles. The number of carbonyl (C=O) groups is 2. The molecule has 150 valence electrons. The molecule has 2 aromatic carbocycles. The maximum Gasteiger partial charge on any atom is 0.329 e. The van der Waals surface area contributed by atoms with Crippen LogP contribution >= 0.6 is 0 Å². The van der Waals surface area contributed by atoms with Gasteiger partial charge in [-0.15, -0.1) is 0 Å². The molecule has 1 aliphatic rings. The first kappa shape index (κ1) is 20.4. The maximum absolute atomic E-state index is 13.0. The van der Waals surface area contributed by atoms with Crippen LogP contribution in [0.2, 0.25) is 0 Å². The first-order valence-corrected chi connectivity index (χ1v) is 9.73. The number of nitrogens with zero attached hydrogens (tertiary/aromatic N) is 1. The highest BCUT2D eigenvalue weighted by Gasteiger charge is 2.40. The number of carboxylic acids is 1. The van der Waals surface area contributed by atoms with E-state index in [0.29, 0.717) is 35.3 Å². The average Bonchev–Trinajstić information content (AvgIpc) is 2.99. The molecular weight excluding hydrogens is 368 g/mol. The fourth-order valence-corrected chi connectivity index (χ4v) is 3.85. The Bertz CT molecular complexity index is 954. The summed E-state index contributed by atoms with van der Waals surface area (Å²) in [7, 11) is 1.54. The Labute approximate surface area is 170 Å². The smallest absolute Gasteiger partial charge is 0.329 e. The highest BCUT2D eigenvalue weighted by Crippen LogP contribution is 2.32. The van der Waals surface area contributed by atoms with Gasteiger partial charge in [0.2, 0.25) is 0 Å². The lowest BCUT2D eigenvalue weighted by atomic mass is 9.89. The summed E-state index contributed by atoms with van der Waals surface area (Å²) in [6.45, 7) is 0. The fourth-order valence-electron chi connectivity index (χ4n) is 3.85. The average molecular weight is 392 g/mol. The summed E-state index contributed by atoms with van der Waals surface area (Å²) in [4.78, 5) is 25.0. The number of carbonyl (C=O) groups excluding carboxylic acids is 1. The molecule has 2 N–H and O–H groups in total. The first-order valence-electron chi connectivity index (χ1n) is 9.73. The van der Waals surface area contributed by atoms with Crippen LogP contribution in [0.15, 0.2) is 42.5 Å². The summed E-state index contributed by atoms with van der Waals surface area (Å²) in [6.07, 6.45) is 4.38. The van der Waals surface area contributed by atoms with Crippen molar-refractivity contribution in [2.75, 3.05) is 7.11 Å². The molecule has 6 nitrogen and oxygen atoms in total. The van der Waals surface area contributed by atoms with Crippen molar-refractivity contribution in [3.8, 4) is 22.9 Å². The van der Waals surface area contributed by atoms with E-state index in [-0.39, 0.29) is 0 Å². The van der Waals surface area contributed by atoms with E-state index < -0.39 is 17.4 Å². The predicted octanol–water partition coefficient (Wildman–Crippen LogP) is 4.14. The number of amides is 1. The second-order valence-corrected chi connectivity index (χ2v) is 7.36. The van der Waals surface area contributed by atoms with Crippen molar-refractivity contribution >= 4 is 11.9 Å². The first-order chi connectivity index (χ1) is 14.0. The standard InChI is InChI=1S/C23H24N2O4/c1-29-20-10-9-18(14-19(20)17-8-6-7-16(13-17)15-24)21(26)25-23(22(27)28)11-4-2-3-5-12-23/h6-10,13-14H,2-5,11-12H2,1H3,(H,25,26)(H,27,28). The molecule has 2 aromatic rings. The van der Waals surface area contributed by atoms with Crippen LogP contribution in [-0.2, 0) is 4.79 Å². The Morgan fingerprint density at radius 2 is 1.83 bits per heavy atom. The summed E-state index contributed by atoms with van der Waals surface area (Å²) in [6, 6.07) is 14.1. The molecule has 0 bridgehead atoms. The van der Waals surface area contributed by atoms with Gasteiger partial charge in [-0.1, -0.05) is 37.8 Å². The van der Waals surface area contributed by atoms with Gasteiger partial charge >= 0.3 is 5.97 Å². The molecule has 0 spiro atoms. The Kier molecular flexibility index (Phi) is 6.18. The summed E-state index contributed by atoms with van der Waals surface area (Å²) < 4.78 is 5.42. The molecule has 6 heteroatoms. The number of carboxylic acid groups (broad SMARTS) is 1. The molecule has 0 heterocycles. The summed E-state index contributed by atoms with van der Waals surface area (Å²) in [5.74, 6) is -0.836. The van der Waals surface area contributed by atoms with Crippen LogP contribution in [0.5, 0.6) is 5.75 Å². The molecule has 1 fully saturated rings. The van der Waals surface area contributed by atoms with Crippen molar-refractivity contribution in [1.29, 1.82) is 5.26 Å². The van der Waals surface area contributed by atoms with E-state index in [1.165, 1.54) is 7.11 Å². The number of benzene rings is 2. The van der Waals surface area contributed by atoms with E-state index in [4.69, 9.17) is 10.00 Å². The molecule has 1 amide bonds. The fraction of sp³-hybridized carbons (Fsp3) is 0.348. The Balaban J connectivity index is 1.95. The number of methoxy groups -OCH3 is 1. The van der Waals surface area contributed by atoms with Crippen LogP contribution in [0.4, 0.5) is 0 Å². The number of aliphatic carboxylic acids is 1. The predicted molar refractivity (Wildman–Crippen MR) is 109 cm³/mol. The van der Waals surface area contributed by atoms with Crippen LogP contribution < -0.4 is 10.1 Å². The summed E-state index contributed by atoms with van der Waals surface area (Å²) in [5, 5.41) is 21.8. The second kappa shape index (κ2) is 8.78. The van der Waals surface area contributed by atoms with Crippen LogP contribution in [0.1, 0.15) is 54.4 Å². The van der Waals surface area contributed by atoms with E-state index in [1.54, 1.807) is 36.4 Å². The van der Waals surface area contributed by atoms with Gasteiger partial charge in [0.1, 0.15) is 11.3 Å². The molecule has 1 saturated carbocycles. The summed E-state index contributed by atoms with van der Waals surface area (Å²) >= 11 is 0. The molecule has 1 aliphatic carbocycles. The van der Waals surface area contributed by atoms with Crippen molar-refractivity contribution in [2.45, 2.75) is 44.1 Å². The molecule has 0 atom stereocenters. The quantitative estimate of drug-likeness (QED) is 0.745. The lowest BCUT2D eigenvalue weighted by Crippen LogP contribution is -2.54. The molecule has 3 rings (SSSR count). The van der Waals surface area contributed by atoms with Gasteiger partial charge in [0.15, 0.2) is 0 Å². The van der Waals surface area contributed by atoms with Crippen LogP contribution in [0.25, 0.3) is 11.1 Å². The van der Waals surface area contributed by atoms with Gasteiger partial charge in [0.05, 0.1) is 18.7 Å². The van der Waals surface area contributed by atoms with Crippen LogP contribution in [0, 0.1) is 11.3 Å². The maximum atomic E-state index is 13.0. The van der Waals surface area contributed by atoms with Crippen molar-refractivity contribution in [2.24, 2.45) is 0 Å². The lowest BCUT2D eigenvalue weighted by Gasteiger charge is -2.29. The number of hydrogen-bond acceptors (Lipinski definition) is 4. The second-order valence-electron chi connectivity index (χ2n) is 7.36. The monoisotopic (exact) mass is 392 g/mol. The SMILES string of the molecule is COc1ccc(C(=O)NC2(C(=O)O)CCCCCC2)cc1-c1cccc(C#N)c1. The number of hydrogen-bond donors (Lipinski definition) is 2. The number of ether oxygens (including phenoxy) is 1. The molecule has 0 radical (unpaired) electrons. The van der Waals surface area contributed by atoms with Crippen molar-refractivity contribution in [1.82, 2.24) is 5.32 Å². The Morgan fingerprint density at radius 1 is 1.10 bits per heavy atom. The van der Waals surface area contributed by atoms with E-state index in [1.807, 2.05) is 6.07 Å². The molecule has 29 heavy (non-hydrogen) atoms. The van der Waals surface area contributed by atoms with Crippen molar-refractivity contribution < 1.29 is 19.4 Å². The van der Waals surface area contributed by atoms with E-state index in [9.17, 15) is 14.7 Å². The zero-order valence-corrected chi connectivity index (χ0v) is 16.4. The largest absolute Gasteiger partial charge is 0.496 e.